The highest BCUT2D eigenvalue weighted by molar-refractivity contribution is 5.97. The van der Waals surface area contributed by atoms with E-state index in [9.17, 15) is 14.7 Å². The van der Waals surface area contributed by atoms with Crippen LogP contribution < -0.4 is 0 Å². The largest absolute Gasteiger partial charge is 0.480 e. The van der Waals surface area contributed by atoms with E-state index >= 15 is 0 Å². The van der Waals surface area contributed by atoms with Crippen molar-refractivity contribution in [2.24, 2.45) is 0 Å². The van der Waals surface area contributed by atoms with Crippen LogP contribution in [0.25, 0.3) is 0 Å². The molecule has 0 radical (unpaired) electrons. The third kappa shape index (κ3) is 2.72. The van der Waals surface area contributed by atoms with Crippen LogP contribution in [0.1, 0.15) is 28.3 Å². The molecule has 0 aliphatic carbocycles. The fourth-order valence-corrected chi connectivity index (χ4v) is 3.01. The summed E-state index contributed by atoms with van der Waals surface area (Å²) in [6.45, 7) is 0.439. The first-order valence-electron chi connectivity index (χ1n) is 7.30. The molecule has 2 aromatic carbocycles. The summed E-state index contributed by atoms with van der Waals surface area (Å²) >= 11 is 0. The maximum absolute atomic E-state index is 12.6. The summed E-state index contributed by atoms with van der Waals surface area (Å²) in [6.07, 6.45) is 0.456. The zero-order valence-corrected chi connectivity index (χ0v) is 12.1. The number of carboxylic acid groups (broad SMARTS) is 1. The molecule has 2 aromatic rings. The molecule has 22 heavy (non-hydrogen) atoms. The lowest BCUT2D eigenvalue weighted by atomic mass is 9.96. The van der Waals surface area contributed by atoms with Crippen molar-refractivity contribution < 1.29 is 14.7 Å². The maximum Gasteiger partial charge on any atom is 0.326 e. The van der Waals surface area contributed by atoms with E-state index in [2.05, 4.69) is 0 Å². The van der Waals surface area contributed by atoms with Gasteiger partial charge in [-0.1, -0.05) is 48.5 Å². The average Bonchev–Trinajstić information content (AvgIpc) is 3.01. The third-order valence-corrected chi connectivity index (χ3v) is 4.14. The first kappa shape index (κ1) is 14.3. The number of carbonyl (C=O) groups excluding carboxylic acids is 1. The molecule has 0 saturated carbocycles. The lowest BCUT2D eigenvalue weighted by Gasteiger charge is -2.21. The molecule has 1 unspecified atom stereocenters. The lowest BCUT2D eigenvalue weighted by Crippen LogP contribution is -2.40. The lowest BCUT2D eigenvalue weighted by molar-refractivity contribution is -0.141. The monoisotopic (exact) mass is 295 g/mol. The van der Waals surface area contributed by atoms with Crippen molar-refractivity contribution in [3.05, 3.63) is 71.8 Å². The number of likely N-dealkylation sites (tertiary alicyclic amines) is 1. The second-order valence-corrected chi connectivity index (χ2v) is 5.52. The summed E-state index contributed by atoms with van der Waals surface area (Å²) in [7, 11) is 0. The van der Waals surface area contributed by atoms with E-state index in [-0.39, 0.29) is 11.8 Å². The summed E-state index contributed by atoms with van der Waals surface area (Å²) in [4.78, 5) is 25.6. The molecular weight excluding hydrogens is 278 g/mol. The first-order valence-corrected chi connectivity index (χ1v) is 7.30. The molecule has 1 N–H and O–H groups in total. The summed E-state index contributed by atoms with van der Waals surface area (Å²) < 4.78 is 0. The number of carbonyl (C=O) groups is 2. The van der Waals surface area contributed by atoms with Crippen LogP contribution >= 0.6 is 0 Å². The minimum atomic E-state index is -0.942. The van der Waals surface area contributed by atoms with Crippen LogP contribution in [0.15, 0.2) is 60.7 Å². The Bertz CT molecular complexity index is 669. The predicted molar refractivity (Wildman–Crippen MR) is 82.7 cm³/mol. The predicted octanol–water partition coefficient (Wildman–Crippen LogP) is 2.77. The van der Waals surface area contributed by atoms with Crippen LogP contribution in [0.3, 0.4) is 0 Å². The van der Waals surface area contributed by atoms with Crippen molar-refractivity contribution in [1.82, 2.24) is 4.90 Å². The molecule has 4 heteroatoms. The number of amides is 1. The Morgan fingerprint density at radius 2 is 1.55 bits per heavy atom. The molecule has 2 atom stereocenters. The topological polar surface area (TPSA) is 57.6 Å². The summed E-state index contributed by atoms with van der Waals surface area (Å²) in [5.74, 6) is -1.09. The van der Waals surface area contributed by atoms with Gasteiger partial charge in [-0.2, -0.15) is 0 Å². The zero-order valence-electron chi connectivity index (χ0n) is 12.1. The summed E-state index contributed by atoms with van der Waals surface area (Å²) in [6, 6.07) is 17.9. The Morgan fingerprint density at radius 1 is 0.955 bits per heavy atom. The van der Waals surface area contributed by atoms with E-state index in [4.69, 9.17) is 0 Å². The van der Waals surface area contributed by atoms with Crippen LogP contribution in [0.2, 0.25) is 0 Å². The molecule has 1 saturated heterocycles. The van der Waals surface area contributed by atoms with Gasteiger partial charge in [0.25, 0.3) is 5.91 Å². The normalized spacial score (nSPS) is 20.8. The molecule has 1 heterocycles. The van der Waals surface area contributed by atoms with Crippen LogP contribution in [-0.2, 0) is 4.79 Å². The second kappa shape index (κ2) is 6.02. The maximum atomic E-state index is 12.6. The average molecular weight is 295 g/mol. The minimum Gasteiger partial charge on any atom is -0.480 e. The van der Waals surface area contributed by atoms with Crippen LogP contribution in [-0.4, -0.2) is 34.5 Å². The van der Waals surface area contributed by atoms with Crippen molar-refractivity contribution in [3.63, 3.8) is 0 Å². The van der Waals surface area contributed by atoms with Gasteiger partial charge in [0.15, 0.2) is 0 Å². The molecule has 1 fully saturated rings. The summed E-state index contributed by atoms with van der Waals surface area (Å²) in [5.41, 5.74) is 1.61. The number of rotatable bonds is 3. The van der Waals surface area contributed by atoms with E-state index in [1.165, 1.54) is 4.90 Å². The Labute approximate surface area is 129 Å². The number of aliphatic carboxylic acids is 1. The Morgan fingerprint density at radius 3 is 2.14 bits per heavy atom. The molecule has 1 amide bonds. The highest BCUT2D eigenvalue weighted by Crippen LogP contribution is 2.32. The molecule has 112 valence electrons. The highest BCUT2D eigenvalue weighted by Gasteiger charge is 2.40. The quantitative estimate of drug-likeness (QED) is 0.947. The number of benzene rings is 2. The zero-order chi connectivity index (χ0) is 15.5. The van der Waals surface area contributed by atoms with Crippen molar-refractivity contribution in [1.29, 1.82) is 0 Å². The van der Waals surface area contributed by atoms with E-state index in [0.29, 0.717) is 18.5 Å². The Balaban J connectivity index is 1.86. The van der Waals surface area contributed by atoms with Gasteiger partial charge < -0.3 is 10.0 Å². The SMILES string of the molecule is O=C(O)C1C[C@@H](c2ccccc2)CN1C(=O)c1ccccc1. The van der Waals surface area contributed by atoms with Crippen molar-refractivity contribution >= 4 is 11.9 Å². The molecule has 0 aromatic heterocycles. The summed E-state index contributed by atoms with van der Waals surface area (Å²) in [5, 5.41) is 9.45. The van der Waals surface area contributed by atoms with Gasteiger partial charge in [-0.25, -0.2) is 4.79 Å². The van der Waals surface area contributed by atoms with Crippen molar-refractivity contribution in [3.8, 4) is 0 Å². The molecule has 1 aliphatic rings. The van der Waals surface area contributed by atoms with E-state index in [1.54, 1.807) is 24.3 Å². The fraction of sp³-hybridized carbons (Fsp3) is 0.222. The highest BCUT2D eigenvalue weighted by atomic mass is 16.4. The molecule has 0 bridgehead atoms. The van der Waals surface area contributed by atoms with Crippen molar-refractivity contribution in [2.45, 2.75) is 18.4 Å². The Hall–Kier alpha value is -2.62. The van der Waals surface area contributed by atoms with Crippen LogP contribution in [0, 0.1) is 0 Å². The standard InChI is InChI=1S/C18H17NO3/c20-17(14-9-5-2-6-10-14)19-12-15(11-16(19)18(21)22)13-7-3-1-4-8-13/h1-10,15-16H,11-12H2,(H,21,22)/t15-,16?/m1/s1. The van der Waals surface area contributed by atoms with Gasteiger partial charge in [0, 0.05) is 18.0 Å². The number of hydrogen-bond acceptors (Lipinski definition) is 2. The van der Waals surface area contributed by atoms with Gasteiger partial charge >= 0.3 is 5.97 Å². The smallest absolute Gasteiger partial charge is 0.326 e. The first-order chi connectivity index (χ1) is 10.7. The fourth-order valence-electron chi connectivity index (χ4n) is 3.01. The van der Waals surface area contributed by atoms with Gasteiger partial charge in [-0.15, -0.1) is 0 Å². The third-order valence-electron chi connectivity index (χ3n) is 4.14. The minimum absolute atomic E-state index is 0.0648. The van der Waals surface area contributed by atoms with E-state index in [0.717, 1.165) is 5.56 Å². The van der Waals surface area contributed by atoms with E-state index < -0.39 is 12.0 Å². The van der Waals surface area contributed by atoms with Crippen LogP contribution in [0.4, 0.5) is 0 Å². The molecule has 1 aliphatic heterocycles. The number of carboxylic acids is 1. The van der Waals surface area contributed by atoms with E-state index in [1.807, 2.05) is 36.4 Å². The number of nitrogens with zero attached hydrogens (tertiary/aromatic N) is 1. The Kier molecular flexibility index (Phi) is 3.92. The van der Waals surface area contributed by atoms with Crippen LogP contribution in [0.5, 0.6) is 0 Å². The van der Waals surface area contributed by atoms with Gasteiger partial charge in [-0.3, -0.25) is 4.79 Å². The molecule has 0 spiro atoms. The van der Waals surface area contributed by atoms with Gasteiger partial charge in [0.2, 0.25) is 0 Å². The molecular formula is C18H17NO3. The second-order valence-electron chi connectivity index (χ2n) is 5.52. The molecule has 4 nitrogen and oxygen atoms in total. The van der Waals surface area contributed by atoms with Gasteiger partial charge in [0.1, 0.15) is 6.04 Å². The number of hydrogen-bond donors (Lipinski definition) is 1. The van der Waals surface area contributed by atoms with Gasteiger partial charge in [0.05, 0.1) is 0 Å². The van der Waals surface area contributed by atoms with Gasteiger partial charge in [-0.05, 0) is 24.1 Å². The van der Waals surface area contributed by atoms with Crippen molar-refractivity contribution in [2.75, 3.05) is 6.54 Å². The molecule has 3 rings (SSSR count).